The fourth-order valence-electron chi connectivity index (χ4n) is 2.17. The minimum absolute atomic E-state index is 0.222. The van der Waals surface area contributed by atoms with Gasteiger partial charge in [0.1, 0.15) is 11.6 Å². The van der Waals surface area contributed by atoms with Crippen molar-refractivity contribution in [3.63, 3.8) is 0 Å². The summed E-state index contributed by atoms with van der Waals surface area (Å²) in [4.78, 5) is 8.67. The summed E-state index contributed by atoms with van der Waals surface area (Å²) in [5.74, 6) is -1.30. The first kappa shape index (κ1) is 21.4. The van der Waals surface area contributed by atoms with Crippen LogP contribution in [0.1, 0.15) is 38.1 Å². The van der Waals surface area contributed by atoms with Gasteiger partial charge in [0.2, 0.25) is 0 Å². The van der Waals surface area contributed by atoms with E-state index in [-0.39, 0.29) is 6.42 Å². The van der Waals surface area contributed by atoms with E-state index in [9.17, 15) is 13.0 Å². The highest BCUT2D eigenvalue weighted by Gasteiger charge is 2.26. The van der Waals surface area contributed by atoms with Crippen molar-refractivity contribution in [3.8, 4) is 0 Å². The third-order valence-corrected chi connectivity index (χ3v) is 6.21. The molecule has 0 bridgehead atoms. The Morgan fingerprint density at radius 3 is 2.42 bits per heavy atom. The lowest BCUT2D eigenvalue weighted by Gasteiger charge is -2.25. The molecule has 26 heavy (non-hydrogen) atoms. The van der Waals surface area contributed by atoms with E-state index in [0.29, 0.717) is 20.9 Å². The highest BCUT2D eigenvalue weighted by atomic mass is 79.9. The Labute approximate surface area is 167 Å². The SMILES string of the molecule is CSc1ncc(Br)c(C(Cc2cc(F)cc(F)c2)NS(=O)C(C)(C)C)n1. The molecule has 1 heterocycles. The molecule has 1 aromatic heterocycles. The van der Waals surface area contributed by atoms with Gasteiger partial charge < -0.3 is 0 Å². The van der Waals surface area contributed by atoms with Gasteiger partial charge in [-0.1, -0.05) is 11.8 Å². The van der Waals surface area contributed by atoms with Gasteiger partial charge in [-0.3, -0.25) is 0 Å². The van der Waals surface area contributed by atoms with Crippen molar-refractivity contribution in [2.45, 2.75) is 43.1 Å². The Bertz CT molecular complexity index is 795. The van der Waals surface area contributed by atoms with Gasteiger partial charge in [-0.05, 0) is 67.1 Å². The van der Waals surface area contributed by atoms with Crippen molar-refractivity contribution in [1.29, 1.82) is 0 Å². The maximum absolute atomic E-state index is 13.6. The molecule has 142 valence electrons. The smallest absolute Gasteiger partial charge is 0.187 e. The van der Waals surface area contributed by atoms with Crippen LogP contribution in [0.3, 0.4) is 0 Å². The molecule has 0 spiro atoms. The van der Waals surface area contributed by atoms with E-state index in [1.807, 2.05) is 27.0 Å². The van der Waals surface area contributed by atoms with E-state index >= 15 is 0 Å². The first-order valence-corrected chi connectivity index (χ1v) is 11.0. The average molecular weight is 464 g/mol. The zero-order valence-electron chi connectivity index (χ0n) is 14.8. The van der Waals surface area contributed by atoms with Gasteiger partial charge in [-0.2, -0.15) is 0 Å². The molecule has 0 radical (unpaired) electrons. The number of halogens is 3. The maximum atomic E-state index is 13.6. The van der Waals surface area contributed by atoms with Gasteiger partial charge in [0.15, 0.2) is 5.16 Å². The first-order chi connectivity index (χ1) is 12.1. The highest BCUT2D eigenvalue weighted by molar-refractivity contribution is 9.10. The van der Waals surface area contributed by atoms with Crippen LogP contribution in [0.4, 0.5) is 8.78 Å². The molecule has 0 fully saturated rings. The highest BCUT2D eigenvalue weighted by Crippen LogP contribution is 2.28. The molecule has 2 aromatic rings. The van der Waals surface area contributed by atoms with Crippen LogP contribution in [0.25, 0.3) is 0 Å². The van der Waals surface area contributed by atoms with Gasteiger partial charge in [0.25, 0.3) is 0 Å². The first-order valence-electron chi connectivity index (χ1n) is 7.79. The molecule has 1 aromatic carbocycles. The van der Waals surface area contributed by atoms with Crippen molar-refractivity contribution in [1.82, 2.24) is 14.7 Å². The summed E-state index contributed by atoms with van der Waals surface area (Å²) < 4.78 is 42.9. The van der Waals surface area contributed by atoms with Crippen molar-refractivity contribution < 1.29 is 13.0 Å². The molecule has 0 aliphatic carbocycles. The van der Waals surface area contributed by atoms with E-state index in [2.05, 4.69) is 30.6 Å². The molecule has 0 amide bonds. The topological polar surface area (TPSA) is 54.9 Å². The van der Waals surface area contributed by atoms with E-state index in [1.54, 1.807) is 6.20 Å². The van der Waals surface area contributed by atoms with Gasteiger partial charge in [0.05, 0.1) is 31.9 Å². The Morgan fingerprint density at radius 1 is 1.27 bits per heavy atom. The second kappa shape index (κ2) is 8.86. The second-order valence-corrected chi connectivity index (χ2v) is 10.2. The summed E-state index contributed by atoms with van der Waals surface area (Å²) in [6.45, 7) is 5.53. The molecular formula is C17H20BrF2N3OS2. The predicted molar refractivity (Wildman–Crippen MR) is 105 cm³/mol. The third-order valence-electron chi connectivity index (χ3n) is 3.43. The molecule has 4 nitrogen and oxygen atoms in total. The number of thioether (sulfide) groups is 1. The minimum Gasteiger partial charge on any atom is -0.242 e. The number of aromatic nitrogens is 2. The predicted octanol–water partition coefficient (Wildman–Crippen LogP) is 4.57. The molecule has 2 rings (SSSR count). The van der Waals surface area contributed by atoms with Gasteiger partial charge in [0, 0.05) is 12.3 Å². The standard InChI is InChI=1S/C17H20BrF2N3OS2/c1-17(2,3)26(24)23-14(7-10-5-11(19)8-12(20)6-10)15-13(18)9-21-16(22-15)25-4/h5-6,8-9,14,23H,7H2,1-4H3. The maximum Gasteiger partial charge on any atom is 0.187 e. The summed E-state index contributed by atoms with van der Waals surface area (Å²) in [5, 5.41) is 0.557. The monoisotopic (exact) mass is 463 g/mol. The number of hydrogen-bond acceptors (Lipinski definition) is 4. The normalized spacial score (nSPS) is 14.3. The molecule has 2 atom stereocenters. The van der Waals surface area contributed by atoms with Gasteiger partial charge >= 0.3 is 0 Å². The number of benzene rings is 1. The number of rotatable bonds is 6. The van der Waals surface area contributed by atoms with E-state index in [4.69, 9.17) is 0 Å². The summed E-state index contributed by atoms with van der Waals surface area (Å²) in [7, 11) is -1.39. The Morgan fingerprint density at radius 2 is 1.88 bits per heavy atom. The Balaban J connectivity index is 2.43. The van der Waals surface area contributed by atoms with Crippen LogP contribution in [0.15, 0.2) is 34.0 Å². The second-order valence-electron chi connectivity index (χ2n) is 6.62. The van der Waals surface area contributed by atoms with Crippen LogP contribution >= 0.6 is 27.7 Å². The lowest BCUT2D eigenvalue weighted by molar-refractivity contribution is 0.562. The number of nitrogens with zero attached hydrogens (tertiary/aromatic N) is 2. The van der Waals surface area contributed by atoms with Crippen LogP contribution in [0, 0.1) is 11.6 Å². The molecule has 0 aliphatic rings. The zero-order chi connectivity index (χ0) is 19.5. The van der Waals surface area contributed by atoms with Crippen LogP contribution in [-0.4, -0.2) is 25.2 Å². The largest absolute Gasteiger partial charge is 0.242 e. The average Bonchev–Trinajstić information content (AvgIpc) is 2.53. The van der Waals surface area contributed by atoms with Gasteiger partial charge in [-0.25, -0.2) is 27.7 Å². The number of hydrogen-bond donors (Lipinski definition) is 1. The van der Waals surface area contributed by atoms with Crippen molar-refractivity contribution in [3.05, 3.63) is 51.8 Å². The van der Waals surface area contributed by atoms with Crippen LogP contribution in [-0.2, 0) is 17.4 Å². The molecule has 9 heteroatoms. The third kappa shape index (κ3) is 5.80. The van der Waals surface area contributed by atoms with Crippen molar-refractivity contribution >= 4 is 38.7 Å². The molecule has 0 aliphatic heterocycles. The fourth-order valence-corrected chi connectivity index (χ4v) is 3.79. The van der Waals surface area contributed by atoms with E-state index in [0.717, 1.165) is 6.07 Å². The van der Waals surface area contributed by atoms with E-state index in [1.165, 1.54) is 23.9 Å². The van der Waals surface area contributed by atoms with Crippen LogP contribution in [0.2, 0.25) is 0 Å². The molecule has 0 saturated carbocycles. The van der Waals surface area contributed by atoms with Crippen LogP contribution < -0.4 is 4.72 Å². The summed E-state index contributed by atoms with van der Waals surface area (Å²) in [5.41, 5.74) is 1.04. The summed E-state index contributed by atoms with van der Waals surface area (Å²) >= 11 is 4.80. The fraction of sp³-hybridized carbons (Fsp3) is 0.412. The lowest BCUT2D eigenvalue weighted by Crippen LogP contribution is -2.37. The Hall–Kier alpha value is -0.900. The number of nitrogens with one attached hydrogen (secondary N) is 1. The quantitative estimate of drug-likeness (QED) is 0.503. The molecule has 0 saturated heterocycles. The minimum atomic E-state index is -1.39. The van der Waals surface area contributed by atoms with Crippen LogP contribution in [0.5, 0.6) is 0 Å². The van der Waals surface area contributed by atoms with E-state index < -0.39 is 33.4 Å². The summed E-state index contributed by atoms with van der Waals surface area (Å²) in [6.07, 6.45) is 3.69. The summed E-state index contributed by atoms with van der Waals surface area (Å²) in [6, 6.07) is 2.84. The zero-order valence-corrected chi connectivity index (χ0v) is 18.1. The molecule has 2 unspecified atom stereocenters. The molecule has 1 N–H and O–H groups in total. The Kier molecular flexibility index (Phi) is 7.29. The lowest BCUT2D eigenvalue weighted by atomic mass is 10.0. The molecular weight excluding hydrogens is 444 g/mol. The van der Waals surface area contributed by atoms with Crippen molar-refractivity contribution in [2.24, 2.45) is 0 Å². The van der Waals surface area contributed by atoms with Gasteiger partial charge in [-0.15, -0.1) is 0 Å². The van der Waals surface area contributed by atoms with Crippen molar-refractivity contribution in [2.75, 3.05) is 6.26 Å².